The molecule has 2 nitrogen and oxygen atoms in total. The summed E-state index contributed by atoms with van der Waals surface area (Å²) in [5.41, 5.74) is 6.10. The second kappa shape index (κ2) is 8.10. The average Bonchev–Trinajstić information content (AvgIpc) is 2.31. The Labute approximate surface area is 113 Å². The van der Waals surface area contributed by atoms with E-state index in [9.17, 15) is 13.2 Å². The van der Waals surface area contributed by atoms with Crippen molar-refractivity contribution in [2.45, 2.75) is 64.1 Å². The molecule has 0 amide bonds. The third kappa shape index (κ3) is 7.16. The Morgan fingerprint density at radius 3 is 2.58 bits per heavy atom. The van der Waals surface area contributed by atoms with E-state index in [1.165, 1.54) is 19.3 Å². The molecule has 1 rings (SSSR count). The summed E-state index contributed by atoms with van der Waals surface area (Å²) in [6.07, 6.45) is 3.18. The minimum Gasteiger partial charge on any atom is -0.372 e. The van der Waals surface area contributed by atoms with Crippen LogP contribution in [-0.2, 0) is 4.74 Å². The van der Waals surface area contributed by atoms with Gasteiger partial charge in [0.25, 0.3) is 0 Å². The number of hydrogen-bond donors (Lipinski definition) is 1. The van der Waals surface area contributed by atoms with Gasteiger partial charge in [-0.05, 0) is 43.9 Å². The zero-order chi connectivity index (χ0) is 14.3. The number of hydrogen-bond acceptors (Lipinski definition) is 2. The second-order valence-corrected chi connectivity index (χ2v) is 5.70. The first-order chi connectivity index (χ1) is 8.92. The lowest BCUT2D eigenvalue weighted by atomic mass is 9.75. The summed E-state index contributed by atoms with van der Waals surface area (Å²) in [5.74, 6) is 1.21. The van der Waals surface area contributed by atoms with Crippen molar-refractivity contribution >= 4 is 0 Å². The highest BCUT2D eigenvalue weighted by Gasteiger charge is 2.28. The van der Waals surface area contributed by atoms with Crippen LogP contribution in [0.25, 0.3) is 0 Å². The van der Waals surface area contributed by atoms with Gasteiger partial charge in [0.05, 0.1) is 0 Å². The first kappa shape index (κ1) is 16.8. The number of nitrogens with two attached hydrogens (primary N) is 1. The quantitative estimate of drug-likeness (QED) is 0.719. The van der Waals surface area contributed by atoms with Crippen molar-refractivity contribution in [3.8, 4) is 0 Å². The Morgan fingerprint density at radius 2 is 1.95 bits per heavy atom. The molecule has 0 aromatic heterocycles. The maximum absolute atomic E-state index is 11.9. The molecule has 0 spiro atoms. The van der Waals surface area contributed by atoms with Gasteiger partial charge in [0.1, 0.15) is 6.61 Å². The van der Waals surface area contributed by atoms with Crippen LogP contribution in [0.1, 0.15) is 51.9 Å². The summed E-state index contributed by atoms with van der Waals surface area (Å²) >= 11 is 0. The van der Waals surface area contributed by atoms with Gasteiger partial charge in [-0.3, -0.25) is 0 Å². The minimum absolute atomic E-state index is 0.182. The molecule has 0 bridgehead atoms. The molecule has 3 unspecified atom stereocenters. The lowest BCUT2D eigenvalue weighted by Crippen LogP contribution is -2.36. The molecule has 5 heteroatoms. The summed E-state index contributed by atoms with van der Waals surface area (Å²) in [6.45, 7) is 1.23. The Kier molecular flexibility index (Phi) is 7.15. The lowest BCUT2D eigenvalue weighted by molar-refractivity contribution is -0.174. The predicted octanol–water partition coefficient (Wildman–Crippen LogP) is 3.89. The molecular formula is C14H26F3NO. The predicted molar refractivity (Wildman–Crippen MR) is 69.8 cm³/mol. The molecule has 0 aliphatic heterocycles. The van der Waals surface area contributed by atoms with Gasteiger partial charge in [0.15, 0.2) is 0 Å². The molecule has 0 aromatic rings. The van der Waals surface area contributed by atoms with Crippen LogP contribution in [0, 0.1) is 11.8 Å². The van der Waals surface area contributed by atoms with Gasteiger partial charge in [-0.25, -0.2) is 0 Å². The van der Waals surface area contributed by atoms with E-state index in [0.29, 0.717) is 12.3 Å². The highest BCUT2D eigenvalue weighted by Crippen LogP contribution is 2.33. The fourth-order valence-corrected chi connectivity index (χ4v) is 3.02. The zero-order valence-corrected chi connectivity index (χ0v) is 11.7. The monoisotopic (exact) mass is 281 g/mol. The van der Waals surface area contributed by atoms with Gasteiger partial charge in [0.2, 0.25) is 0 Å². The number of rotatable bonds is 7. The summed E-state index contributed by atoms with van der Waals surface area (Å²) in [6, 6.07) is 0.218. The molecule has 0 heterocycles. The van der Waals surface area contributed by atoms with E-state index in [0.717, 1.165) is 25.2 Å². The van der Waals surface area contributed by atoms with E-state index in [1.54, 1.807) is 0 Å². The maximum Gasteiger partial charge on any atom is 0.411 e. The summed E-state index contributed by atoms with van der Waals surface area (Å²) in [4.78, 5) is 0. The van der Waals surface area contributed by atoms with E-state index < -0.39 is 12.8 Å². The molecule has 19 heavy (non-hydrogen) atoms. The van der Waals surface area contributed by atoms with Gasteiger partial charge < -0.3 is 10.5 Å². The van der Waals surface area contributed by atoms with Crippen molar-refractivity contribution in [2.75, 3.05) is 13.2 Å². The van der Waals surface area contributed by atoms with Crippen molar-refractivity contribution in [1.29, 1.82) is 0 Å². The van der Waals surface area contributed by atoms with Gasteiger partial charge in [0, 0.05) is 12.6 Å². The van der Waals surface area contributed by atoms with Crippen molar-refractivity contribution in [2.24, 2.45) is 17.6 Å². The number of ether oxygens (including phenoxy) is 1. The summed E-state index contributed by atoms with van der Waals surface area (Å²) < 4.78 is 40.3. The fourth-order valence-electron chi connectivity index (χ4n) is 3.02. The zero-order valence-electron chi connectivity index (χ0n) is 11.7. The van der Waals surface area contributed by atoms with Crippen LogP contribution in [0.5, 0.6) is 0 Å². The van der Waals surface area contributed by atoms with Gasteiger partial charge in [-0.2, -0.15) is 13.2 Å². The summed E-state index contributed by atoms with van der Waals surface area (Å²) in [7, 11) is 0. The maximum atomic E-state index is 11.9. The molecule has 0 aromatic carbocycles. The Balaban J connectivity index is 2.16. The molecular weight excluding hydrogens is 255 g/mol. The smallest absolute Gasteiger partial charge is 0.372 e. The first-order valence-electron chi connectivity index (χ1n) is 7.32. The Hall–Kier alpha value is -0.290. The van der Waals surface area contributed by atoms with E-state index >= 15 is 0 Å². The average molecular weight is 281 g/mol. The Bertz CT molecular complexity index is 245. The van der Waals surface area contributed by atoms with Gasteiger partial charge >= 0.3 is 6.18 Å². The molecule has 2 N–H and O–H groups in total. The van der Waals surface area contributed by atoms with Crippen molar-refractivity contribution in [3.05, 3.63) is 0 Å². The molecule has 1 aliphatic rings. The van der Waals surface area contributed by atoms with Crippen LogP contribution in [0.3, 0.4) is 0 Å². The van der Waals surface area contributed by atoms with E-state index in [1.807, 2.05) is 0 Å². The van der Waals surface area contributed by atoms with Crippen molar-refractivity contribution < 1.29 is 17.9 Å². The molecule has 1 fully saturated rings. The highest BCUT2D eigenvalue weighted by molar-refractivity contribution is 4.82. The number of alkyl halides is 3. The van der Waals surface area contributed by atoms with Crippen LogP contribution >= 0.6 is 0 Å². The SMILES string of the molecule is CCCC1CCC(N)C(CCCOCC(F)(F)F)C1. The minimum atomic E-state index is -4.21. The van der Waals surface area contributed by atoms with Crippen LogP contribution in [0.2, 0.25) is 0 Å². The van der Waals surface area contributed by atoms with Crippen LogP contribution < -0.4 is 5.73 Å². The molecule has 1 aliphatic carbocycles. The van der Waals surface area contributed by atoms with Crippen LogP contribution in [0.15, 0.2) is 0 Å². The molecule has 114 valence electrons. The van der Waals surface area contributed by atoms with Crippen molar-refractivity contribution in [3.63, 3.8) is 0 Å². The number of halogens is 3. The Morgan fingerprint density at radius 1 is 1.21 bits per heavy atom. The van der Waals surface area contributed by atoms with E-state index in [4.69, 9.17) is 5.73 Å². The third-order valence-corrected chi connectivity index (χ3v) is 3.98. The van der Waals surface area contributed by atoms with Gasteiger partial charge in [-0.1, -0.05) is 19.8 Å². The molecule has 0 saturated heterocycles. The van der Waals surface area contributed by atoms with Crippen LogP contribution in [-0.4, -0.2) is 25.4 Å². The first-order valence-corrected chi connectivity index (χ1v) is 7.32. The molecule has 1 saturated carbocycles. The van der Waals surface area contributed by atoms with E-state index in [-0.39, 0.29) is 12.6 Å². The third-order valence-electron chi connectivity index (χ3n) is 3.98. The normalized spacial score (nSPS) is 28.6. The largest absolute Gasteiger partial charge is 0.411 e. The van der Waals surface area contributed by atoms with Crippen molar-refractivity contribution in [1.82, 2.24) is 0 Å². The lowest BCUT2D eigenvalue weighted by Gasteiger charge is -2.34. The van der Waals surface area contributed by atoms with Gasteiger partial charge in [-0.15, -0.1) is 0 Å². The summed E-state index contributed by atoms with van der Waals surface area (Å²) in [5, 5.41) is 0. The molecule has 3 atom stereocenters. The highest BCUT2D eigenvalue weighted by atomic mass is 19.4. The van der Waals surface area contributed by atoms with E-state index in [2.05, 4.69) is 11.7 Å². The van der Waals surface area contributed by atoms with Crippen LogP contribution in [0.4, 0.5) is 13.2 Å². The second-order valence-electron chi connectivity index (χ2n) is 5.70. The topological polar surface area (TPSA) is 35.2 Å². The molecule has 0 radical (unpaired) electrons. The fraction of sp³-hybridized carbons (Fsp3) is 1.00. The standard InChI is InChI=1S/C14H26F3NO/c1-2-4-11-6-7-13(18)12(9-11)5-3-8-19-10-14(15,16)17/h11-13H,2-10,18H2,1H3.